The van der Waals surface area contributed by atoms with E-state index in [9.17, 15) is 8.42 Å². The quantitative estimate of drug-likeness (QED) is 0.476. The maximum absolute atomic E-state index is 12.6. The zero-order chi connectivity index (χ0) is 20.0. The van der Waals surface area contributed by atoms with Crippen LogP contribution in [-0.2, 0) is 10.0 Å². The van der Waals surface area contributed by atoms with Gasteiger partial charge in [-0.15, -0.1) is 0 Å². The lowest BCUT2D eigenvalue weighted by Gasteiger charge is -2.11. The fourth-order valence-electron chi connectivity index (χ4n) is 2.81. The first-order valence-corrected chi connectivity index (χ1v) is 11.2. The highest BCUT2D eigenvalue weighted by Gasteiger charge is 2.16. The Hall–Kier alpha value is -2.00. The third-order valence-electron chi connectivity index (χ3n) is 4.20. The zero-order valence-corrected chi connectivity index (χ0v) is 17.9. The highest BCUT2D eigenvalue weighted by Crippen LogP contribution is 2.22. The molecule has 1 aromatic heterocycles. The van der Waals surface area contributed by atoms with Crippen LogP contribution in [0.2, 0.25) is 0 Å². The number of aryl methyl sites for hydroxylation is 1. The summed E-state index contributed by atoms with van der Waals surface area (Å²) in [6.45, 7) is 3.92. The molecule has 8 heteroatoms. The highest BCUT2D eigenvalue weighted by atomic mass is 79.9. The molecule has 6 nitrogen and oxygen atoms in total. The van der Waals surface area contributed by atoms with Crippen molar-refractivity contribution >= 4 is 36.7 Å². The topological polar surface area (TPSA) is 80.3 Å². The molecule has 3 aromatic rings. The predicted molar refractivity (Wildman–Crippen MR) is 114 cm³/mol. The summed E-state index contributed by atoms with van der Waals surface area (Å²) in [6.07, 6.45) is 3.25. The third kappa shape index (κ3) is 5.29. The second-order valence-corrected chi connectivity index (χ2v) is 8.91. The van der Waals surface area contributed by atoms with Crippen LogP contribution in [0.25, 0.3) is 10.8 Å². The smallest absolute Gasteiger partial charge is 0.241 e. The van der Waals surface area contributed by atoms with Crippen LogP contribution in [0.3, 0.4) is 0 Å². The number of nitrogens with zero attached hydrogens (tertiary/aromatic N) is 1. The first kappa shape index (κ1) is 20.7. The lowest BCUT2D eigenvalue weighted by Crippen LogP contribution is -2.33. The van der Waals surface area contributed by atoms with Crippen molar-refractivity contribution in [2.45, 2.75) is 11.8 Å². The molecule has 0 amide bonds. The number of hydrogen-bond acceptors (Lipinski definition) is 5. The number of halogens is 1. The fraction of sp³-hybridized carbons (Fsp3) is 0.250. The average molecular weight is 464 g/mol. The molecule has 0 bridgehead atoms. The van der Waals surface area contributed by atoms with Crippen molar-refractivity contribution in [2.24, 2.45) is 0 Å². The Morgan fingerprint density at radius 3 is 2.79 bits per heavy atom. The Morgan fingerprint density at radius 2 is 1.96 bits per heavy atom. The van der Waals surface area contributed by atoms with Crippen molar-refractivity contribution in [3.8, 4) is 5.75 Å². The highest BCUT2D eigenvalue weighted by molar-refractivity contribution is 9.10. The molecule has 0 radical (unpaired) electrons. The molecule has 0 spiro atoms. The van der Waals surface area contributed by atoms with Gasteiger partial charge in [-0.1, -0.05) is 28.1 Å². The van der Waals surface area contributed by atoms with E-state index in [4.69, 9.17) is 4.74 Å². The minimum Gasteiger partial charge on any atom is -0.492 e. The van der Waals surface area contributed by atoms with E-state index in [1.54, 1.807) is 30.6 Å². The van der Waals surface area contributed by atoms with Crippen LogP contribution in [0.1, 0.15) is 5.56 Å². The molecule has 0 aliphatic rings. The largest absolute Gasteiger partial charge is 0.492 e. The van der Waals surface area contributed by atoms with Gasteiger partial charge in [0.2, 0.25) is 10.0 Å². The van der Waals surface area contributed by atoms with Crippen molar-refractivity contribution in [2.75, 3.05) is 26.2 Å². The van der Waals surface area contributed by atoms with Crippen molar-refractivity contribution in [3.05, 3.63) is 64.9 Å². The number of benzene rings is 2. The Bertz CT molecular complexity index is 1050. The summed E-state index contributed by atoms with van der Waals surface area (Å²) >= 11 is 3.43. The minimum atomic E-state index is -3.59. The van der Waals surface area contributed by atoms with E-state index in [0.717, 1.165) is 21.2 Å². The number of nitrogens with one attached hydrogen (secondary N) is 2. The van der Waals surface area contributed by atoms with E-state index in [2.05, 4.69) is 31.0 Å². The lowest BCUT2D eigenvalue weighted by atomic mass is 10.2. The molecule has 2 N–H and O–H groups in total. The summed E-state index contributed by atoms with van der Waals surface area (Å²) in [7, 11) is -3.59. The molecule has 0 saturated carbocycles. The first-order chi connectivity index (χ1) is 13.5. The summed E-state index contributed by atoms with van der Waals surface area (Å²) in [5, 5.41) is 4.63. The molecule has 0 saturated heterocycles. The molecule has 0 fully saturated rings. The SMILES string of the molecule is Cc1cc(Br)ccc1OCCNCCNS(=O)(=O)c1cccc2cnccc12. The minimum absolute atomic E-state index is 0.265. The second kappa shape index (κ2) is 9.47. The number of rotatable bonds is 9. The standard InChI is InChI=1S/C20H22BrN3O3S/c1-15-13-17(21)5-6-19(15)27-12-11-22-9-10-24-28(25,26)20-4-2-3-16-14-23-8-7-18(16)20/h2-8,13-14,22,24H,9-12H2,1H3. The van der Waals surface area contributed by atoms with E-state index in [1.165, 1.54) is 0 Å². The van der Waals surface area contributed by atoms with E-state index in [-0.39, 0.29) is 4.90 Å². The molecule has 2 aromatic carbocycles. The Labute approximate surface area is 173 Å². The zero-order valence-electron chi connectivity index (χ0n) is 15.5. The van der Waals surface area contributed by atoms with Gasteiger partial charge in [-0.3, -0.25) is 4.98 Å². The number of fused-ring (bicyclic) bond motifs is 1. The van der Waals surface area contributed by atoms with Crippen LogP contribution >= 0.6 is 15.9 Å². The van der Waals surface area contributed by atoms with Crippen molar-refractivity contribution in [1.29, 1.82) is 0 Å². The summed E-state index contributed by atoms with van der Waals surface area (Å²) in [5.74, 6) is 0.844. The van der Waals surface area contributed by atoms with Crippen LogP contribution in [0.15, 0.2) is 64.2 Å². The summed E-state index contributed by atoms with van der Waals surface area (Å²) in [5.41, 5.74) is 1.06. The van der Waals surface area contributed by atoms with Gasteiger partial charge in [0.05, 0.1) is 4.90 Å². The molecule has 0 atom stereocenters. The van der Waals surface area contributed by atoms with Gasteiger partial charge in [0, 0.05) is 47.3 Å². The number of ether oxygens (including phenoxy) is 1. The van der Waals surface area contributed by atoms with Crippen LogP contribution in [0.4, 0.5) is 0 Å². The summed E-state index contributed by atoms with van der Waals surface area (Å²) < 4.78 is 34.6. The number of sulfonamides is 1. The molecular formula is C20H22BrN3O3S. The van der Waals surface area contributed by atoms with Gasteiger partial charge in [-0.25, -0.2) is 13.1 Å². The van der Waals surface area contributed by atoms with Crippen LogP contribution in [0, 0.1) is 6.92 Å². The van der Waals surface area contributed by atoms with Gasteiger partial charge in [0.25, 0.3) is 0 Å². The van der Waals surface area contributed by atoms with Crippen LogP contribution in [-0.4, -0.2) is 39.6 Å². The molecule has 28 heavy (non-hydrogen) atoms. The molecule has 1 heterocycles. The van der Waals surface area contributed by atoms with Gasteiger partial charge in [-0.2, -0.15) is 0 Å². The monoisotopic (exact) mass is 463 g/mol. The predicted octanol–water partition coefficient (Wildman–Crippen LogP) is 3.25. The van der Waals surface area contributed by atoms with Crippen LogP contribution in [0.5, 0.6) is 5.75 Å². The number of pyridine rings is 1. The molecular weight excluding hydrogens is 442 g/mol. The molecule has 0 unspecified atom stereocenters. The van der Waals surface area contributed by atoms with Gasteiger partial charge < -0.3 is 10.1 Å². The normalized spacial score (nSPS) is 11.6. The van der Waals surface area contributed by atoms with Crippen molar-refractivity contribution in [1.82, 2.24) is 15.0 Å². The van der Waals surface area contributed by atoms with Gasteiger partial charge >= 0.3 is 0 Å². The first-order valence-electron chi connectivity index (χ1n) is 8.89. The van der Waals surface area contributed by atoms with Gasteiger partial charge in [0.1, 0.15) is 12.4 Å². The summed E-state index contributed by atoms with van der Waals surface area (Å²) in [4.78, 5) is 4.30. The van der Waals surface area contributed by atoms with Crippen molar-refractivity contribution < 1.29 is 13.2 Å². The summed E-state index contributed by atoms with van der Waals surface area (Å²) in [6, 6.07) is 12.7. The van der Waals surface area contributed by atoms with E-state index < -0.39 is 10.0 Å². The van der Waals surface area contributed by atoms with Crippen molar-refractivity contribution in [3.63, 3.8) is 0 Å². The van der Waals surface area contributed by atoms with E-state index in [0.29, 0.717) is 31.6 Å². The molecule has 0 aliphatic heterocycles. The Balaban J connectivity index is 1.44. The number of aromatic nitrogens is 1. The van der Waals surface area contributed by atoms with Gasteiger partial charge in [-0.05, 0) is 42.8 Å². The van der Waals surface area contributed by atoms with E-state index >= 15 is 0 Å². The van der Waals surface area contributed by atoms with E-state index in [1.807, 2.05) is 31.2 Å². The molecule has 3 rings (SSSR count). The Kier molecular flexibility index (Phi) is 7.01. The maximum atomic E-state index is 12.6. The van der Waals surface area contributed by atoms with Gasteiger partial charge in [0.15, 0.2) is 0 Å². The van der Waals surface area contributed by atoms with Crippen LogP contribution < -0.4 is 14.8 Å². The third-order valence-corrected chi connectivity index (χ3v) is 6.21. The second-order valence-electron chi connectivity index (χ2n) is 6.26. The lowest BCUT2D eigenvalue weighted by molar-refractivity contribution is 0.312. The molecule has 0 aliphatic carbocycles. The fourth-order valence-corrected chi connectivity index (χ4v) is 4.55. The maximum Gasteiger partial charge on any atom is 0.241 e. The number of hydrogen-bond donors (Lipinski definition) is 2. The molecule has 148 valence electrons. The Morgan fingerprint density at radius 1 is 1.11 bits per heavy atom. The average Bonchev–Trinajstić information content (AvgIpc) is 2.68.